The zero-order chi connectivity index (χ0) is 12.3. The van der Waals surface area contributed by atoms with Gasteiger partial charge in [-0.2, -0.15) is 11.8 Å². The highest BCUT2D eigenvalue weighted by Crippen LogP contribution is 2.28. The molecule has 0 amide bonds. The largest absolute Gasteiger partial charge is 0.329 e. The SMILES string of the molecule is CN(C1CCSC1)C(CN)c1cccc(F)c1. The quantitative estimate of drug-likeness (QED) is 0.893. The van der Waals surface area contributed by atoms with Crippen LogP contribution in [0.4, 0.5) is 4.39 Å². The average Bonchev–Trinajstić information content (AvgIpc) is 2.83. The summed E-state index contributed by atoms with van der Waals surface area (Å²) in [5.74, 6) is 2.19. The molecule has 2 unspecified atom stereocenters. The summed E-state index contributed by atoms with van der Waals surface area (Å²) < 4.78 is 13.2. The Hall–Kier alpha value is -0.580. The van der Waals surface area contributed by atoms with Gasteiger partial charge in [0.15, 0.2) is 0 Å². The summed E-state index contributed by atoms with van der Waals surface area (Å²) in [6.07, 6.45) is 1.20. The van der Waals surface area contributed by atoms with E-state index in [-0.39, 0.29) is 11.9 Å². The molecule has 0 saturated carbocycles. The predicted octanol–water partition coefficient (Wildman–Crippen LogP) is 2.26. The van der Waals surface area contributed by atoms with Crippen LogP contribution in [0.25, 0.3) is 0 Å². The minimum atomic E-state index is -0.185. The molecule has 2 rings (SSSR count). The summed E-state index contributed by atoms with van der Waals surface area (Å²) in [6.45, 7) is 0.529. The lowest BCUT2D eigenvalue weighted by molar-refractivity contribution is 0.192. The van der Waals surface area contributed by atoms with E-state index in [9.17, 15) is 4.39 Å². The number of benzene rings is 1. The maximum atomic E-state index is 13.2. The highest BCUT2D eigenvalue weighted by Gasteiger charge is 2.26. The Morgan fingerprint density at radius 2 is 2.41 bits per heavy atom. The smallest absolute Gasteiger partial charge is 0.123 e. The summed E-state index contributed by atoms with van der Waals surface area (Å²) in [6, 6.07) is 7.47. The third-order valence-electron chi connectivity index (χ3n) is 3.43. The first-order valence-corrected chi connectivity index (χ1v) is 7.13. The van der Waals surface area contributed by atoms with Gasteiger partial charge in [0.05, 0.1) is 0 Å². The van der Waals surface area contributed by atoms with Crippen molar-refractivity contribution in [2.45, 2.75) is 18.5 Å². The van der Waals surface area contributed by atoms with Crippen LogP contribution in [-0.4, -0.2) is 36.0 Å². The van der Waals surface area contributed by atoms with Gasteiger partial charge in [-0.05, 0) is 36.9 Å². The molecule has 2 atom stereocenters. The van der Waals surface area contributed by atoms with Crippen LogP contribution in [-0.2, 0) is 0 Å². The Balaban J connectivity index is 2.14. The zero-order valence-electron chi connectivity index (χ0n) is 10.1. The van der Waals surface area contributed by atoms with E-state index in [1.807, 2.05) is 17.8 Å². The number of hydrogen-bond acceptors (Lipinski definition) is 3. The number of rotatable bonds is 4. The first-order chi connectivity index (χ1) is 8.22. The molecule has 0 aromatic heterocycles. The number of hydrogen-bond donors (Lipinski definition) is 1. The van der Waals surface area contributed by atoms with E-state index in [1.54, 1.807) is 12.1 Å². The molecule has 1 aliphatic rings. The fourth-order valence-electron chi connectivity index (χ4n) is 2.35. The van der Waals surface area contributed by atoms with Crippen molar-refractivity contribution in [1.29, 1.82) is 0 Å². The minimum Gasteiger partial charge on any atom is -0.329 e. The Morgan fingerprint density at radius 1 is 1.59 bits per heavy atom. The van der Waals surface area contributed by atoms with Gasteiger partial charge in [-0.25, -0.2) is 4.39 Å². The fourth-order valence-corrected chi connectivity index (χ4v) is 3.63. The first kappa shape index (κ1) is 12.9. The molecule has 0 spiro atoms. The molecule has 1 heterocycles. The molecule has 1 saturated heterocycles. The molecule has 2 nitrogen and oxygen atoms in total. The van der Waals surface area contributed by atoms with Crippen LogP contribution in [0.3, 0.4) is 0 Å². The van der Waals surface area contributed by atoms with E-state index in [2.05, 4.69) is 11.9 Å². The van der Waals surface area contributed by atoms with Crippen molar-refractivity contribution in [3.05, 3.63) is 35.6 Å². The first-order valence-electron chi connectivity index (χ1n) is 5.97. The monoisotopic (exact) mass is 254 g/mol. The Labute approximate surface area is 106 Å². The minimum absolute atomic E-state index is 0.120. The lowest BCUT2D eigenvalue weighted by Gasteiger charge is -2.32. The lowest BCUT2D eigenvalue weighted by atomic mass is 10.0. The molecular weight excluding hydrogens is 235 g/mol. The van der Waals surface area contributed by atoms with Crippen LogP contribution >= 0.6 is 11.8 Å². The van der Waals surface area contributed by atoms with Crippen molar-refractivity contribution < 1.29 is 4.39 Å². The van der Waals surface area contributed by atoms with Crippen LogP contribution in [0, 0.1) is 5.82 Å². The second-order valence-electron chi connectivity index (χ2n) is 4.49. The van der Waals surface area contributed by atoms with E-state index in [1.165, 1.54) is 18.2 Å². The maximum Gasteiger partial charge on any atom is 0.123 e. The fraction of sp³-hybridized carbons (Fsp3) is 0.538. The molecule has 1 aromatic carbocycles. The molecule has 17 heavy (non-hydrogen) atoms. The van der Waals surface area contributed by atoms with Gasteiger partial charge in [0.25, 0.3) is 0 Å². The van der Waals surface area contributed by atoms with E-state index >= 15 is 0 Å². The number of nitrogens with two attached hydrogens (primary N) is 1. The summed E-state index contributed by atoms with van der Waals surface area (Å²) in [4.78, 5) is 2.30. The maximum absolute atomic E-state index is 13.2. The van der Waals surface area contributed by atoms with E-state index in [0.29, 0.717) is 12.6 Å². The molecule has 0 bridgehead atoms. The third-order valence-corrected chi connectivity index (χ3v) is 4.57. The van der Waals surface area contributed by atoms with Crippen LogP contribution < -0.4 is 5.73 Å². The highest BCUT2D eigenvalue weighted by molar-refractivity contribution is 7.99. The number of thioether (sulfide) groups is 1. The molecule has 1 aliphatic heterocycles. The van der Waals surface area contributed by atoms with Crippen molar-refractivity contribution in [3.8, 4) is 0 Å². The molecule has 4 heteroatoms. The van der Waals surface area contributed by atoms with E-state index in [0.717, 1.165) is 11.3 Å². The second kappa shape index (κ2) is 5.85. The van der Waals surface area contributed by atoms with Crippen molar-refractivity contribution in [2.75, 3.05) is 25.1 Å². The Morgan fingerprint density at radius 3 is 3.00 bits per heavy atom. The summed E-state index contributed by atoms with van der Waals surface area (Å²) in [5.41, 5.74) is 6.83. The molecule has 94 valence electrons. The van der Waals surface area contributed by atoms with Crippen LogP contribution in [0.5, 0.6) is 0 Å². The van der Waals surface area contributed by atoms with Gasteiger partial charge in [-0.15, -0.1) is 0 Å². The third kappa shape index (κ3) is 3.00. The Kier molecular flexibility index (Phi) is 4.42. The van der Waals surface area contributed by atoms with Crippen molar-refractivity contribution in [3.63, 3.8) is 0 Å². The average molecular weight is 254 g/mol. The molecule has 0 radical (unpaired) electrons. The van der Waals surface area contributed by atoms with E-state index < -0.39 is 0 Å². The topological polar surface area (TPSA) is 29.3 Å². The predicted molar refractivity (Wildman–Crippen MR) is 71.7 cm³/mol. The Bertz CT molecular complexity index is 366. The summed E-state index contributed by atoms with van der Waals surface area (Å²) >= 11 is 1.98. The normalized spacial score (nSPS) is 22.0. The van der Waals surface area contributed by atoms with Gasteiger partial charge in [-0.3, -0.25) is 4.90 Å². The number of nitrogens with zero attached hydrogens (tertiary/aromatic N) is 1. The van der Waals surface area contributed by atoms with Crippen LogP contribution in [0.2, 0.25) is 0 Å². The van der Waals surface area contributed by atoms with Crippen LogP contribution in [0.1, 0.15) is 18.0 Å². The summed E-state index contributed by atoms with van der Waals surface area (Å²) in [7, 11) is 2.10. The van der Waals surface area contributed by atoms with Gasteiger partial charge in [0, 0.05) is 24.4 Å². The molecule has 2 N–H and O–H groups in total. The number of likely N-dealkylation sites (N-methyl/N-ethyl adjacent to an activating group) is 1. The molecule has 1 aromatic rings. The van der Waals surface area contributed by atoms with Crippen LogP contribution in [0.15, 0.2) is 24.3 Å². The second-order valence-corrected chi connectivity index (χ2v) is 5.64. The standard InChI is InChI=1S/C13H19FN2S/c1-16(12-5-6-17-9-12)13(8-15)10-3-2-4-11(14)7-10/h2-4,7,12-13H,5-6,8-9,15H2,1H3. The highest BCUT2D eigenvalue weighted by atomic mass is 32.2. The molecular formula is C13H19FN2S. The zero-order valence-corrected chi connectivity index (χ0v) is 10.9. The van der Waals surface area contributed by atoms with Gasteiger partial charge in [0.2, 0.25) is 0 Å². The van der Waals surface area contributed by atoms with Crippen molar-refractivity contribution in [2.24, 2.45) is 5.73 Å². The molecule has 1 fully saturated rings. The molecule has 0 aliphatic carbocycles. The van der Waals surface area contributed by atoms with Gasteiger partial charge < -0.3 is 5.73 Å². The summed E-state index contributed by atoms with van der Waals surface area (Å²) in [5, 5.41) is 0. The van der Waals surface area contributed by atoms with Crippen molar-refractivity contribution in [1.82, 2.24) is 4.90 Å². The van der Waals surface area contributed by atoms with Crippen molar-refractivity contribution >= 4 is 11.8 Å². The lowest BCUT2D eigenvalue weighted by Crippen LogP contribution is -2.38. The van der Waals surface area contributed by atoms with Gasteiger partial charge in [0.1, 0.15) is 5.82 Å². The van der Waals surface area contributed by atoms with Gasteiger partial charge in [-0.1, -0.05) is 12.1 Å². The number of halogens is 1. The van der Waals surface area contributed by atoms with Gasteiger partial charge >= 0.3 is 0 Å². The van der Waals surface area contributed by atoms with E-state index in [4.69, 9.17) is 5.73 Å².